The fraction of sp³-hybridized carbons (Fsp3) is 0. The number of halogens is 2. The highest BCUT2D eigenvalue weighted by Gasteiger charge is 2.06. The zero-order chi connectivity index (χ0) is 10.1. The summed E-state index contributed by atoms with van der Waals surface area (Å²) in [6.45, 7) is 0. The lowest BCUT2D eigenvalue weighted by Gasteiger charge is -2.01. The number of nitrogens with zero attached hydrogens (tertiary/aromatic N) is 1. The zero-order valence-electron chi connectivity index (χ0n) is 7.00. The van der Waals surface area contributed by atoms with Gasteiger partial charge in [-0.15, -0.1) is 0 Å². The number of aldehydes is 1. The number of rotatable bonds is 1. The summed E-state index contributed by atoms with van der Waals surface area (Å²) in [7, 11) is 0. The first-order valence-electron chi connectivity index (χ1n) is 3.91. The van der Waals surface area contributed by atoms with Gasteiger partial charge in [0.1, 0.15) is 11.0 Å². The third-order valence-corrected chi connectivity index (χ3v) is 2.26. The van der Waals surface area contributed by atoms with Crippen molar-refractivity contribution in [2.45, 2.75) is 0 Å². The predicted molar refractivity (Wildman–Crippen MR) is 52.1 cm³/mol. The van der Waals surface area contributed by atoms with Crippen LogP contribution in [0.3, 0.4) is 0 Å². The maximum Gasteiger partial charge on any atom is 0.153 e. The summed E-state index contributed by atoms with van der Waals surface area (Å²) < 4.78 is 12.9. The number of carbonyl (C=O) groups is 1. The lowest BCUT2D eigenvalue weighted by atomic mass is 10.1. The van der Waals surface area contributed by atoms with Crippen LogP contribution in [0.25, 0.3) is 10.8 Å². The van der Waals surface area contributed by atoms with E-state index in [-0.39, 0.29) is 10.7 Å². The summed E-state index contributed by atoms with van der Waals surface area (Å²) in [4.78, 5) is 14.5. The molecule has 70 valence electrons. The lowest BCUT2D eigenvalue weighted by molar-refractivity contribution is 0.112. The molecule has 1 aromatic carbocycles. The number of pyridine rings is 1. The van der Waals surface area contributed by atoms with E-state index >= 15 is 0 Å². The van der Waals surface area contributed by atoms with Gasteiger partial charge in [-0.05, 0) is 23.6 Å². The van der Waals surface area contributed by atoms with Crippen LogP contribution in [0, 0.1) is 5.82 Å². The van der Waals surface area contributed by atoms with Crippen molar-refractivity contribution in [1.82, 2.24) is 4.98 Å². The molecule has 0 saturated heterocycles. The Labute approximate surface area is 84.3 Å². The standard InChI is InChI=1S/C10H5ClFNO/c11-10-9(5-14)8-3-7(12)2-1-6(8)4-13-10/h1-5H. The van der Waals surface area contributed by atoms with Crippen molar-refractivity contribution >= 4 is 28.7 Å². The Morgan fingerprint density at radius 2 is 2.21 bits per heavy atom. The smallest absolute Gasteiger partial charge is 0.153 e. The number of benzene rings is 1. The van der Waals surface area contributed by atoms with Crippen LogP contribution in [0.1, 0.15) is 10.4 Å². The van der Waals surface area contributed by atoms with E-state index in [1.807, 2.05) is 0 Å². The molecule has 0 radical (unpaired) electrons. The number of aromatic nitrogens is 1. The summed E-state index contributed by atoms with van der Waals surface area (Å²) >= 11 is 5.69. The van der Waals surface area contributed by atoms with Crippen LogP contribution >= 0.6 is 11.6 Å². The molecule has 2 nitrogen and oxygen atoms in total. The third-order valence-electron chi connectivity index (χ3n) is 1.96. The SMILES string of the molecule is O=Cc1c(Cl)ncc2ccc(F)cc12. The molecule has 0 saturated carbocycles. The molecule has 0 unspecified atom stereocenters. The number of hydrogen-bond acceptors (Lipinski definition) is 2. The van der Waals surface area contributed by atoms with Crippen molar-refractivity contribution in [3.63, 3.8) is 0 Å². The quantitative estimate of drug-likeness (QED) is 0.534. The van der Waals surface area contributed by atoms with Crippen molar-refractivity contribution in [3.05, 3.63) is 40.9 Å². The molecule has 0 aliphatic carbocycles. The Kier molecular flexibility index (Phi) is 2.17. The largest absolute Gasteiger partial charge is 0.298 e. The van der Waals surface area contributed by atoms with Crippen molar-refractivity contribution in [1.29, 1.82) is 0 Å². The van der Waals surface area contributed by atoms with Crippen molar-refractivity contribution in [3.8, 4) is 0 Å². The van der Waals surface area contributed by atoms with Gasteiger partial charge in [0, 0.05) is 11.6 Å². The number of hydrogen-bond donors (Lipinski definition) is 0. The second-order valence-electron chi connectivity index (χ2n) is 2.81. The van der Waals surface area contributed by atoms with Crippen molar-refractivity contribution in [2.24, 2.45) is 0 Å². The topological polar surface area (TPSA) is 30.0 Å². The Morgan fingerprint density at radius 3 is 2.93 bits per heavy atom. The highest BCUT2D eigenvalue weighted by Crippen LogP contribution is 2.22. The van der Waals surface area contributed by atoms with Crippen LogP contribution in [0.15, 0.2) is 24.4 Å². The summed E-state index contributed by atoms with van der Waals surface area (Å²) in [5, 5.41) is 1.27. The van der Waals surface area contributed by atoms with Gasteiger partial charge in [0.05, 0.1) is 5.56 Å². The Morgan fingerprint density at radius 1 is 1.43 bits per heavy atom. The highest BCUT2D eigenvalue weighted by molar-refractivity contribution is 6.33. The van der Waals surface area contributed by atoms with Gasteiger partial charge in [-0.1, -0.05) is 11.6 Å². The molecule has 0 aliphatic rings. The molecule has 2 rings (SSSR count). The van der Waals surface area contributed by atoms with Gasteiger partial charge in [0.25, 0.3) is 0 Å². The van der Waals surface area contributed by atoms with Gasteiger partial charge >= 0.3 is 0 Å². The highest BCUT2D eigenvalue weighted by atomic mass is 35.5. The van der Waals surface area contributed by atoms with Gasteiger partial charge in [0.2, 0.25) is 0 Å². The minimum Gasteiger partial charge on any atom is -0.298 e. The van der Waals surface area contributed by atoms with E-state index in [2.05, 4.69) is 4.98 Å². The van der Waals surface area contributed by atoms with E-state index in [0.717, 1.165) is 0 Å². The fourth-order valence-electron chi connectivity index (χ4n) is 1.29. The summed E-state index contributed by atoms with van der Waals surface area (Å²) in [6.07, 6.45) is 2.08. The maximum absolute atomic E-state index is 12.9. The molecule has 14 heavy (non-hydrogen) atoms. The number of fused-ring (bicyclic) bond motifs is 1. The molecule has 0 fully saturated rings. The van der Waals surface area contributed by atoms with Gasteiger partial charge < -0.3 is 0 Å². The zero-order valence-corrected chi connectivity index (χ0v) is 7.75. The van der Waals surface area contributed by atoms with E-state index in [1.165, 1.54) is 18.3 Å². The van der Waals surface area contributed by atoms with Crippen LogP contribution in [0.5, 0.6) is 0 Å². The molecule has 2 aromatic rings. The second kappa shape index (κ2) is 3.35. The minimum absolute atomic E-state index is 0.0955. The van der Waals surface area contributed by atoms with Gasteiger partial charge in [-0.2, -0.15) is 0 Å². The average Bonchev–Trinajstić information content (AvgIpc) is 2.17. The van der Waals surface area contributed by atoms with E-state index in [4.69, 9.17) is 11.6 Å². The first-order chi connectivity index (χ1) is 6.72. The summed E-state index contributed by atoms with van der Waals surface area (Å²) in [6, 6.07) is 4.14. The molecule has 0 amide bonds. The lowest BCUT2D eigenvalue weighted by Crippen LogP contribution is -1.89. The van der Waals surface area contributed by atoms with E-state index in [1.54, 1.807) is 6.07 Å². The summed E-state index contributed by atoms with van der Waals surface area (Å²) in [5.41, 5.74) is 0.226. The average molecular weight is 210 g/mol. The Bertz CT molecular complexity index is 507. The van der Waals surface area contributed by atoms with Crippen LogP contribution in [0.2, 0.25) is 5.15 Å². The molecular weight excluding hydrogens is 205 g/mol. The van der Waals surface area contributed by atoms with Gasteiger partial charge in [-0.3, -0.25) is 4.79 Å². The van der Waals surface area contributed by atoms with Crippen LogP contribution in [-0.4, -0.2) is 11.3 Å². The minimum atomic E-state index is -0.400. The summed E-state index contributed by atoms with van der Waals surface area (Å²) in [5.74, 6) is -0.400. The molecule has 0 N–H and O–H groups in total. The molecule has 0 atom stereocenters. The van der Waals surface area contributed by atoms with Crippen LogP contribution < -0.4 is 0 Å². The van der Waals surface area contributed by atoms with Crippen LogP contribution in [-0.2, 0) is 0 Å². The monoisotopic (exact) mass is 209 g/mol. The Hall–Kier alpha value is -1.48. The van der Waals surface area contributed by atoms with Crippen molar-refractivity contribution < 1.29 is 9.18 Å². The first-order valence-corrected chi connectivity index (χ1v) is 4.29. The van der Waals surface area contributed by atoms with Crippen molar-refractivity contribution in [2.75, 3.05) is 0 Å². The van der Waals surface area contributed by atoms with E-state index in [0.29, 0.717) is 17.1 Å². The molecule has 1 aromatic heterocycles. The fourth-order valence-corrected chi connectivity index (χ4v) is 1.49. The molecule has 0 aliphatic heterocycles. The van der Waals surface area contributed by atoms with E-state index < -0.39 is 5.82 Å². The molecule has 0 bridgehead atoms. The first kappa shape index (κ1) is 9.09. The van der Waals surface area contributed by atoms with Gasteiger partial charge in [-0.25, -0.2) is 9.37 Å². The maximum atomic E-state index is 12.9. The van der Waals surface area contributed by atoms with Gasteiger partial charge in [0.15, 0.2) is 6.29 Å². The number of carbonyl (C=O) groups excluding carboxylic acids is 1. The van der Waals surface area contributed by atoms with E-state index in [9.17, 15) is 9.18 Å². The normalized spacial score (nSPS) is 10.4. The molecule has 0 spiro atoms. The molecular formula is C10H5ClFNO. The second-order valence-corrected chi connectivity index (χ2v) is 3.17. The molecule has 4 heteroatoms. The predicted octanol–water partition coefficient (Wildman–Crippen LogP) is 2.84. The third kappa shape index (κ3) is 1.36. The Balaban J connectivity index is 2.91. The van der Waals surface area contributed by atoms with Crippen LogP contribution in [0.4, 0.5) is 4.39 Å². The molecule has 1 heterocycles.